The molecule has 1 aromatic carbocycles. The van der Waals surface area contributed by atoms with Crippen molar-refractivity contribution >= 4 is 43.3 Å². The summed E-state index contributed by atoms with van der Waals surface area (Å²) in [7, 11) is 0. The third-order valence-corrected chi connectivity index (χ3v) is 4.72. The minimum atomic E-state index is 0.836. The number of thiophene rings is 1. The number of hydrogen-bond acceptors (Lipinski definition) is 3. The molecule has 2 N–H and O–H groups in total. The average Bonchev–Trinajstić information content (AvgIpc) is 2.88. The first-order valence-corrected chi connectivity index (χ1v) is 7.73. The summed E-state index contributed by atoms with van der Waals surface area (Å²) >= 11 is 5.10. The molecule has 0 fully saturated rings. The van der Waals surface area contributed by atoms with Gasteiger partial charge in [0.2, 0.25) is 0 Å². The molecule has 0 bridgehead atoms. The van der Waals surface area contributed by atoms with Crippen LogP contribution in [0.1, 0.15) is 12.5 Å². The van der Waals surface area contributed by atoms with Crippen LogP contribution in [0.2, 0.25) is 0 Å². The first-order chi connectivity index (χ1) is 9.10. The van der Waals surface area contributed by atoms with Crippen LogP contribution in [0.15, 0.2) is 28.7 Å². The molecule has 0 amide bonds. The Labute approximate surface area is 124 Å². The molecule has 0 aliphatic carbocycles. The molecule has 0 aliphatic heterocycles. The van der Waals surface area contributed by atoms with Gasteiger partial charge in [-0.05, 0) is 43.7 Å². The third kappa shape index (κ3) is 2.07. The molecule has 3 rings (SSSR count). The van der Waals surface area contributed by atoms with E-state index in [0.29, 0.717) is 0 Å². The van der Waals surface area contributed by atoms with E-state index in [4.69, 9.17) is 10.7 Å². The van der Waals surface area contributed by atoms with E-state index in [0.717, 1.165) is 37.8 Å². The second-order valence-electron chi connectivity index (χ2n) is 4.47. The van der Waals surface area contributed by atoms with Gasteiger partial charge in [0.15, 0.2) is 5.82 Å². The first kappa shape index (κ1) is 12.7. The Bertz CT molecular complexity index is 757. The number of benzene rings is 1. The summed E-state index contributed by atoms with van der Waals surface area (Å²) in [6.45, 7) is 5.11. The van der Waals surface area contributed by atoms with E-state index in [1.54, 1.807) is 11.3 Å². The van der Waals surface area contributed by atoms with Gasteiger partial charge in [0.25, 0.3) is 0 Å². The molecule has 98 valence electrons. The van der Waals surface area contributed by atoms with Crippen LogP contribution < -0.4 is 5.73 Å². The zero-order valence-electron chi connectivity index (χ0n) is 10.8. The number of hydrogen-bond donors (Lipinski definition) is 1. The van der Waals surface area contributed by atoms with Crippen LogP contribution in [0, 0.1) is 6.92 Å². The van der Waals surface area contributed by atoms with Crippen LogP contribution in [0.25, 0.3) is 21.7 Å². The van der Waals surface area contributed by atoms with Gasteiger partial charge in [-0.3, -0.25) is 0 Å². The Morgan fingerprint density at radius 3 is 2.79 bits per heavy atom. The maximum atomic E-state index is 5.90. The number of anilines is 1. The monoisotopic (exact) mass is 335 g/mol. The van der Waals surface area contributed by atoms with Crippen LogP contribution >= 0.6 is 27.3 Å². The molecule has 3 nitrogen and oxygen atoms in total. The molecular formula is C14H14BrN3S. The van der Waals surface area contributed by atoms with Crippen LogP contribution in [-0.4, -0.2) is 9.55 Å². The van der Waals surface area contributed by atoms with E-state index in [1.165, 1.54) is 5.56 Å². The fraction of sp³-hybridized carbons (Fsp3) is 0.214. The van der Waals surface area contributed by atoms with E-state index in [-0.39, 0.29) is 0 Å². The molecule has 5 heteroatoms. The highest BCUT2D eigenvalue weighted by Crippen LogP contribution is 2.35. The van der Waals surface area contributed by atoms with Crippen LogP contribution in [0.4, 0.5) is 5.00 Å². The third-order valence-electron chi connectivity index (χ3n) is 3.17. The molecule has 2 aromatic heterocycles. The summed E-state index contributed by atoms with van der Waals surface area (Å²) in [5, 5.41) is 0.836. The summed E-state index contributed by atoms with van der Waals surface area (Å²) in [4.78, 5) is 5.94. The van der Waals surface area contributed by atoms with E-state index in [1.807, 2.05) is 6.07 Å². The second-order valence-corrected chi connectivity index (χ2v) is 6.47. The number of aromatic nitrogens is 2. The number of nitrogen functional groups attached to an aromatic ring is 1. The van der Waals surface area contributed by atoms with Gasteiger partial charge in [0, 0.05) is 11.0 Å². The van der Waals surface area contributed by atoms with Crippen molar-refractivity contribution in [1.82, 2.24) is 9.55 Å². The highest BCUT2D eigenvalue weighted by Gasteiger charge is 2.15. The van der Waals surface area contributed by atoms with Crippen molar-refractivity contribution in [2.75, 3.05) is 5.73 Å². The lowest BCUT2D eigenvalue weighted by atomic mass is 10.3. The van der Waals surface area contributed by atoms with Crippen molar-refractivity contribution in [3.63, 3.8) is 0 Å². The quantitative estimate of drug-likeness (QED) is 0.752. The van der Waals surface area contributed by atoms with E-state index in [9.17, 15) is 0 Å². The van der Waals surface area contributed by atoms with Gasteiger partial charge in [-0.2, -0.15) is 0 Å². The molecule has 19 heavy (non-hydrogen) atoms. The predicted octanol–water partition coefficient (Wildman–Crippen LogP) is 4.44. The van der Waals surface area contributed by atoms with Crippen molar-refractivity contribution < 1.29 is 0 Å². The maximum Gasteiger partial charge on any atom is 0.151 e. The van der Waals surface area contributed by atoms with Crippen LogP contribution in [-0.2, 0) is 6.54 Å². The number of nitrogens with two attached hydrogens (primary N) is 1. The Balaban J connectivity index is 2.31. The van der Waals surface area contributed by atoms with Crippen molar-refractivity contribution in [3.05, 3.63) is 34.3 Å². The second kappa shape index (κ2) is 4.65. The fourth-order valence-electron chi connectivity index (χ4n) is 2.33. The molecule has 0 aliphatic rings. The molecule has 0 spiro atoms. The van der Waals surface area contributed by atoms with Gasteiger partial charge in [-0.15, -0.1) is 11.3 Å². The Hall–Kier alpha value is -1.33. The van der Waals surface area contributed by atoms with E-state index in [2.05, 4.69) is 52.5 Å². The van der Waals surface area contributed by atoms with Gasteiger partial charge in [0.05, 0.1) is 20.9 Å². The number of nitrogens with zero attached hydrogens (tertiary/aromatic N) is 2. The van der Waals surface area contributed by atoms with Gasteiger partial charge in [-0.1, -0.05) is 15.9 Å². The van der Waals surface area contributed by atoms with Gasteiger partial charge < -0.3 is 10.3 Å². The van der Waals surface area contributed by atoms with Crippen molar-refractivity contribution in [2.24, 2.45) is 0 Å². The lowest BCUT2D eigenvalue weighted by Crippen LogP contribution is -1.96. The maximum absolute atomic E-state index is 5.90. The molecule has 0 saturated heterocycles. The normalized spacial score (nSPS) is 11.3. The standard InChI is InChI=1S/C14H14BrN3S/c1-3-18-11-5-4-9(15)7-10(11)17-14(18)13-8(2)6-12(16)19-13/h4-7H,3,16H2,1-2H3. The number of imidazole rings is 1. The zero-order chi connectivity index (χ0) is 13.6. The molecule has 0 radical (unpaired) electrons. The molecule has 3 aromatic rings. The van der Waals surface area contributed by atoms with Crippen molar-refractivity contribution in [1.29, 1.82) is 0 Å². The highest BCUT2D eigenvalue weighted by atomic mass is 79.9. The lowest BCUT2D eigenvalue weighted by molar-refractivity contribution is 0.797. The minimum Gasteiger partial charge on any atom is -0.391 e. The zero-order valence-corrected chi connectivity index (χ0v) is 13.2. The summed E-state index contributed by atoms with van der Waals surface area (Å²) in [6, 6.07) is 8.22. The van der Waals surface area contributed by atoms with Gasteiger partial charge in [-0.25, -0.2) is 4.98 Å². The molecular weight excluding hydrogens is 322 g/mol. The first-order valence-electron chi connectivity index (χ1n) is 6.12. The summed E-state index contributed by atoms with van der Waals surface area (Å²) in [6.07, 6.45) is 0. The van der Waals surface area contributed by atoms with Crippen molar-refractivity contribution in [2.45, 2.75) is 20.4 Å². The largest absolute Gasteiger partial charge is 0.391 e. The number of aryl methyl sites for hydroxylation is 2. The average molecular weight is 336 g/mol. The number of rotatable bonds is 2. The topological polar surface area (TPSA) is 43.8 Å². The van der Waals surface area contributed by atoms with Crippen molar-refractivity contribution in [3.8, 4) is 10.7 Å². The van der Waals surface area contributed by atoms with Gasteiger partial charge in [0.1, 0.15) is 0 Å². The minimum absolute atomic E-state index is 0.836. The fourth-order valence-corrected chi connectivity index (χ4v) is 3.61. The van der Waals surface area contributed by atoms with Gasteiger partial charge >= 0.3 is 0 Å². The van der Waals surface area contributed by atoms with E-state index < -0.39 is 0 Å². The Morgan fingerprint density at radius 1 is 1.37 bits per heavy atom. The molecule has 0 unspecified atom stereocenters. The van der Waals surface area contributed by atoms with Crippen LogP contribution in [0.5, 0.6) is 0 Å². The molecule has 2 heterocycles. The predicted molar refractivity (Wildman–Crippen MR) is 85.6 cm³/mol. The molecule has 0 atom stereocenters. The lowest BCUT2D eigenvalue weighted by Gasteiger charge is -2.05. The Kier molecular flexibility index (Phi) is 3.11. The number of fused-ring (bicyclic) bond motifs is 1. The highest BCUT2D eigenvalue weighted by molar-refractivity contribution is 9.10. The smallest absolute Gasteiger partial charge is 0.151 e. The van der Waals surface area contributed by atoms with E-state index >= 15 is 0 Å². The summed E-state index contributed by atoms with van der Waals surface area (Å²) < 4.78 is 3.29. The number of halogens is 1. The SMILES string of the molecule is CCn1c(-c2sc(N)cc2C)nc2cc(Br)ccc21. The Morgan fingerprint density at radius 2 is 2.16 bits per heavy atom. The molecule has 0 saturated carbocycles. The van der Waals surface area contributed by atoms with Crippen LogP contribution in [0.3, 0.4) is 0 Å². The summed E-state index contributed by atoms with van der Waals surface area (Å²) in [5.41, 5.74) is 9.26. The summed E-state index contributed by atoms with van der Waals surface area (Å²) in [5.74, 6) is 1.01.